The molecule has 2 nitrogen and oxygen atoms in total. The van der Waals surface area contributed by atoms with Crippen molar-refractivity contribution in [3.63, 3.8) is 0 Å². The molecule has 0 radical (unpaired) electrons. The average Bonchev–Trinajstić information content (AvgIpc) is 1.86. The van der Waals surface area contributed by atoms with Crippen LogP contribution >= 0.6 is 0 Å². The molecule has 0 N–H and O–H groups in total. The number of ketones is 2. The lowest BCUT2D eigenvalue weighted by atomic mass is 10.1. The van der Waals surface area contributed by atoms with Crippen LogP contribution in [0.2, 0.25) is 0 Å². The first-order valence-corrected chi connectivity index (χ1v) is 3.40. The lowest BCUT2D eigenvalue weighted by Gasteiger charge is -1.94. The van der Waals surface area contributed by atoms with E-state index in [0.29, 0.717) is 5.57 Å². The molecule has 0 saturated carbocycles. The molecule has 0 amide bonds. The Kier molecular flexibility index (Phi) is 4.11. The molecule has 0 saturated heterocycles. The Morgan fingerprint density at radius 2 is 1.91 bits per heavy atom. The van der Waals surface area contributed by atoms with Gasteiger partial charge >= 0.3 is 0 Å². The van der Waals surface area contributed by atoms with Gasteiger partial charge in [-0.2, -0.15) is 0 Å². The second kappa shape index (κ2) is 4.61. The van der Waals surface area contributed by atoms with Crippen molar-refractivity contribution in [3.05, 3.63) is 24.3 Å². The molecule has 0 aromatic rings. The first-order valence-electron chi connectivity index (χ1n) is 3.40. The van der Waals surface area contributed by atoms with E-state index in [1.165, 1.54) is 13.0 Å². The van der Waals surface area contributed by atoms with Gasteiger partial charge in [0.25, 0.3) is 0 Å². The fourth-order valence-corrected chi connectivity index (χ4v) is 0.635. The molecule has 0 spiro atoms. The van der Waals surface area contributed by atoms with Crippen LogP contribution in [-0.4, -0.2) is 11.6 Å². The van der Waals surface area contributed by atoms with Crippen molar-refractivity contribution >= 4 is 11.6 Å². The predicted molar refractivity (Wildman–Crippen MR) is 44.3 cm³/mol. The van der Waals surface area contributed by atoms with E-state index in [1.54, 1.807) is 13.0 Å². The molecule has 0 bridgehead atoms. The molecule has 0 fully saturated rings. The van der Waals surface area contributed by atoms with Gasteiger partial charge in [0.2, 0.25) is 0 Å². The minimum atomic E-state index is -0.127. The van der Waals surface area contributed by atoms with Crippen LogP contribution < -0.4 is 0 Å². The van der Waals surface area contributed by atoms with Crippen molar-refractivity contribution in [1.82, 2.24) is 0 Å². The van der Waals surface area contributed by atoms with E-state index in [2.05, 4.69) is 6.58 Å². The Morgan fingerprint density at radius 3 is 2.27 bits per heavy atom. The van der Waals surface area contributed by atoms with E-state index >= 15 is 0 Å². The molecule has 0 aromatic heterocycles. The zero-order valence-electron chi connectivity index (χ0n) is 6.89. The molecule has 0 heterocycles. The highest BCUT2D eigenvalue weighted by Crippen LogP contribution is 1.99. The molecule has 2 heteroatoms. The third-order valence-electron chi connectivity index (χ3n) is 1.22. The van der Waals surface area contributed by atoms with Crippen LogP contribution in [0.15, 0.2) is 24.3 Å². The maximum absolute atomic E-state index is 11.0. The van der Waals surface area contributed by atoms with Gasteiger partial charge in [0, 0.05) is 0 Å². The van der Waals surface area contributed by atoms with E-state index < -0.39 is 0 Å². The smallest absolute Gasteiger partial charge is 0.165 e. The third kappa shape index (κ3) is 4.25. The molecular formula is C9H12O2. The molecule has 11 heavy (non-hydrogen) atoms. The summed E-state index contributed by atoms with van der Waals surface area (Å²) in [6, 6.07) is 0. The molecule has 0 aliphatic carbocycles. The zero-order valence-corrected chi connectivity index (χ0v) is 6.89. The van der Waals surface area contributed by atoms with E-state index in [9.17, 15) is 9.59 Å². The summed E-state index contributed by atoms with van der Waals surface area (Å²) < 4.78 is 0. The van der Waals surface area contributed by atoms with E-state index in [1.807, 2.05) is 0 Å². The van der Waals surface area contributed by atoms with Gasteiger partial charge in [0.05, 0.1) is 6.42 Å². The molecule has 0 unspecified atom stereocenters. The summed E-state index contributed by atoms with van der Waals surface area (Å²) >= 11 is 0. The maximum Gasteiger partial charge on any atom is 0.165 e. The summed E-state index contributed by atoms with van der Waals surface area (Å²) in [5.41, 5.74) is 0.579. The topological polar surface area (TPSA) is 34.1 Å². The van der Waals surface area contributed by atoms with Gasteiger partial charge in [-0.25, -0.2) is 0 Å². The summed E-state index contributed by atoms with van der Waals surface area (Å²) in [5.74, 6) is -0.232. The van der Waals surface area contributed by atoms with Crippen molar-refractivity contribution < 1.29 is 9.59 Å². The maximum atomic E-state index is 11.0. The minimum Gasteiger partial charge on any atom is -0.300 e. The average molecular weight is 152 g/mol. The number of hydrogen-bond donors (Lipinski definition) is 0. The number of Topliss-reactive ketones (excluding diaryl/α,β-unsaturated/α-hetero) is 2. The van der Waals surface area contributed by atoms with Gasteiger partial charge in [-0.3, -0.25) is 9.59 Å². The molecule has 0 atom stereocenters. The molecule has 0 rings (SSSR count). The first-order chi connectivity index (χ1) is 5.07. The third-order valence-corrected chi connectivity index (χ3v) is 1.22. The Balaban J connectivity index is 4.14. The minimum absolute atomic E-state index is 0.00380. The number of hydrogen-bond acceptors (Lipinski definition) is 2. The molecule has 0 aliphatic heterocycles. The van der Waals surface area contributed by atoms with Crippen molar-refractivity contribution in [2.24, 2.45) is 0 Å². The predicted octanol–water partition coefficient (Wildman–Crippen LogP) is 1.67. The Morgan fingerprint density at radius 1 is 1.36 bits per heavy atom. The summed E-state index contributed by atoms with van der Waals surface area (Å²) in [7, 11) is 0. The van der Waals surface area contributed by atoms with Crippen LogP contribution in [-0.2, 0) is 9.59 Å². The molecular weight excluding hydrogens is 140 g/mol. The zero-order chi connectivity index (χ0) is 8.85. The van der Waals surface area contributed by atoms with Gasteiger partial charge < -0.3 is 0 Å². The molecule has 0 aromatic carbocycles. The summed E-state index contributed by atoms with van der Waals surface area (Å²) in [6.45, 7) is 6.52. The quantitative estimate of drug-likeness (QED) is 0.349. The van der Waals surface area contributed by atoms with E-state index in [0.717, 1.165) is 0 Å². The Labute approximate surface area is 66.6 Å². The second-order valence-electron chi connectivity index (χ2n) is 2.39. The number of rotatable bonds is 4. The largest absolute Gasteiger partial charge is 0.300 e. The van der Waals surface area contributed by atoms with Gasteiger partial charge in [0.15, 0.2) is 5.78 Å². The van der Waals surface area contributed by atoms with Gasteiger partial charge in [0.1, 0.15) is 5.78 Å². The lowest BCUT2D eigenvalue weighted by Crippen LogP contribution is -2.04. The fourth-order valence-electron chi connectivity index (χ4n) is 0.635. The van der Waals surface area contributed by atoms with E-state index in [-0.39, 0.29) is 18.0 Å². The van der Waals surface area contributed by atoms with Crippen LogP contribution in [0.5, 0.6) is 0 Å². The van der Waals surface area contributed by atoms with Crippen molar-refractivity contribution in [3.8, 4) is 0 Å². The van der Waals surface area contributed by atoms with Crippen molar-refractivity contribution in [2.45, 2.75) is 20.3 Å². The highest BCUT2D eigenvalue weighted by atomic mass is 16.1. The Bertz CT molecular complexity index is 212. The molecule has 0 aliphatic rings. The van der Waals surface area contributed by atoms with E-state index in [4.69, 9.17) is 0 Å². The highest BCUT2D eigenvalue weighted by Gasteiger charge is 2.05. The van der Waals surface area contributed by atoms with Crippen LogP contribution in [0.4, 0.5) is 0 Å². The first kappa shape index (κ1) is 9.82. The monoisotopic (exact) mass is 152 g/mol. The Hall–Kier alpha value is -1.18. The lowest BCUT2D eigenvalue weighted by molar-refractivity contribution is -0.123. The summed E-state index contributed by atoms with van der Waals surface area (Å²) in [6.07, 6.45) is 3.13. The SMILES string of the molecule is C=C/C=C(\C)C(=O)CC(C)=O. The van der Waals surface area contributed by atoms with Gasteiger partial charge in [-0.1, -0.05) is 18.7 Å². The summed E-state index contributed by atoms with van der Waals surface area (Å²) in [5, 5.41) is 0. The molecule has 60 valence electrons. The highest BCUT2D eigenvalue weighted by molar-refractivity contribution is 6.06. The standard InChI is InChI=1S/C9H12O2/c1-4-5-7(2)9(11)6-8(3)10/h4-5H,1,6H2,2-3H3/b7-5+. The summed E-state index contributed by atoms with van der Waals surface area (Å²) in [4.78, 5) is 21.5. The van der Waals surface area contributed by atoms with Crippen LogP contribution in [0, 0.1) is 0 Å². The van der Waals surface area contributed by atoms with Crippen molar-refractivity contribution in [2.75, 3.05) is 0 Å². The van der Waals surface area contributed by atoms with Crippen LogP contribution in [0.25, 0.3) is 0 Å². The van der Waals surface area contributed by atoms with Gasteiger partial charge in [-0.15, -0.1) is 0 Å². The van der Waals surface area contributed by atoms with Crippen LogP contribution in [0.1, 0.15) is 20.3 Å². The van der Waals surface area contributed by atoms with Crippen LogP contribution in [0.3, 0.4) is 0 Å². The number of carbonyl (C=O) groups excluding carboxylic acids is 2. The second-order valence-corrected chi connectivity index (χ2v) is 2.39. The number of allylic oxidation sites excluding steroid dienone is 3. The van der Waals surface area contributed by atoms with Crippen molar-refractivity contribution in [1.29, 1.82) is 0 Å². The fraction of sp³-hybridized carbons (Fsp3) is 0.333. The van der Waals surface area contributed by atoms with Gasteiger partial charge in [-0.05, 0) is 19.4 Å². The number of carbonyl (C=O) groups is 2. The normalized spacial score (nSPS) is 10.9.